The van der Waals surface area contributed by atoms with Crippen LogP contribution in [0.5, 0.6) is 5.75 Å². The first-order chi connectivity index (χ1) is 12.2. The lowest BCUT2D eigenvalue weighted by molar-refractivity contribution is -0.122. The fourth-order valence-corrected chi connectivity index (χ4v) is 3.67. The number of aryl methyl sites for hydroxylation is 1. The van der Waals surface area contributed by atoms with Crippen molar-refractivity contribution in [2.75, 3.05) is 13.2 Å². The molecule has 0 atom stereocenters. The topological polar surface area (TPSA) is 85.4 Å². The Kier molecular flexibility index (Phi) is 6.41. The number of carbonyl (C=O) groups is 1. The Morgan fingerprint density at radius 1 is 1.23 bits per heavy atom. The Morgan fingerprint density at radius 3 is 2.54 bits per heavy atom. The maximum atomic E-state index is 12.7. The zero-order valence-electron chi connectivity index (χ0n) is 14.8. The van der Waals surface area contributed by atoms with Crippen molar-refractivity contribution in [3.63, 3.8) is 0 Å². The van der Waals surface area contributed by atoms with Crippen LogP contribution in [0.1, 0.15) is 19.4 Å². The van der Waals surface area contributed by atoms with E-state index < -0.39 is 20.5 Å². The summed E-state index contributed by atoms with van der Waals surface area (Å²) in [6.07, 6.45) is 1.39. The molecule has 0 aliphatic heterocycles. The smallest absolute Gasteiger partial charge is 0.241 e. The van der Waals surface area contributed by atoms with Crippen LogP contribution in [0, 0.1) is 6.92 Å². The number of halogens is 1. The Balaban J connectivity index is 1.98. The fourth-order valence-electron chi connectivity index (χ4n) is 2.16. The summed E-state index contributed by atoms with van der Waals surface area (Å²) in [7, 11) is -3.94. The normalized spacial score (nSPS) is 11.8. The molecule has 1 heterocycles. The molecule has 6 nitrogen and oxygen atoms in total. The SMILES string of the molecule is Cc1ccccc1OCCNC(=O)C(C)(C)S(=O)(=O)c1ccc(Br)cn1. The van der Waals surface area contributed by atoms with E-state index in [1.165, 1.54) is 26.1 Å². The van der Waals surface area contributed by atoms with Crippen molar-refractivity contribution in [2.45, 2.75) is 30.5 Å². The molecule has 0 radical (unpaired) electrons. The van der Waals surface area contributed by atoms with Crippen LogP contribution in [-0.2, 0) is 14.6 Å². The van der Waals surface area contributed by atoms with Crippen LogP contribution < -0.4 is 10.1 Å². The van der Waals surface area contributed by atoms with Crippen LogP contribution in [0.15, 0.2) is 52.1 Å². The van der Waals surface area contributed by atoms with E-state index in [0.29, 0.717) is 4.47 Å². The minimum absolute atomic E-state index is 0.142. The number of ether oxygens (including phenoxy) is 1. The summed E-state index contributed by atoms with van der Waals surface area (Å²) in [5.41, 5.74) is 0.989. The maximum absolute atomic E-state index is 12.7. The van der Waals surface area contributed by atoms with Crippen LogP contribution in [0.3, 0.4) is 0 Å². The summed E-state index contributed by atoms with van der Waals surface area (Å²) in [5.74, 6) is 0.128. The van der Waals surface area contributed by atoms with Gasteiger partial charge in [0, 0.05) is 10.7 Å². The molecule has 8 heteroatoms. The number of sulfone groups is 1. The number of benzene rings is 1. The second-order valence-electron chi connectivity index (χ2n) is 6.20. The molecule has 0 saturated heterocycles. The van der Waals surface area contributed by atoms with E-state index in [2.05, 4.69) is 26.2 Å². The van der Waals surface area contributed by atoms with Gasteiger partial charge >= 0.3 is 0 Å². The van der Waals surface area contributed by atoms with E-state index in [0.717, 1.165) is 11.3 Å². The van der Waals surface area contributed by atoms with Gasteiger partial charge in [-0.2, -0.15) is 0 Å². The number of para-hydroxylation sites is 1. The van der Waals surface area contributed by atoms with Crippen molar-refractivity contribution in [2.24, 2.45) is 0 Å². The Morgan fingerprint density at radius 2 is 1.92 bits per heavy atom. The molecule has 26 heavy (non-hydrogen) atoms. The summed E-state index contributed by atoms with van der Waals surface area (Å²) in [4.78, 5) is 16.4. The van der Waals surface area contributed by atoms with Gasteiger partial charge in [0.05, 0.1) is 6.54 Å². The van der Waals surface area contributed by atoms with Gasteiger partial charge in [0.25, 0.3) is 0 Å². The highest BCUT2D eigenvalue weighted by Crippen LogP contribution is 2.25. The van der Waals surface area contributed by atoms with Gasteiger partial charge in [-0.3, -0.25) is 4.79 Å². The van der Waals surface area contributed by atoms with Crippen molar-refractivity contribution in [3.05, 3.63) is 52.6 Å². The van der Waals surface area contributed by atoms with Crippen molar-refractivity contribution < 1.29 is 17.9 Å². The molecule has 0 fully saturated rings. The number of nitrogens with zero attached hydrogens (tertiary/aromatic N) is 1. The average molecular weight is 441 g/mol. The predicted octanol–water partition coefficient (Wildman–Crippen LogP) is 2.90. The molecule has 0 unspecified atom stereocenters. The molecule has 1 aromatic carbocycles. The van der Waals surface area contributed by atoms with Crippen LogP contribution in [0.4, 0.5) is 0 Å². The molecule has 0 saturated carbocycles. The van der Waals surface area contributed by atoms with Gasteiger partial charge in [-0.1, -0.05) is 18.2 Å². The summed E-state index contributed by atoms with van der Waals surface area (Å²) >= 11 is 3.21. The van der Waals surface area contributed by atoms with E-state index in [-0.39, 0.29) is 18.2 Å². The first-order valence-electron chi connectivity index (χ1n) is 7.99. The van der Waals surface area contributed by atoms with E-state index >= 15 is 0 Å². The van der Waals surface area contributed by atoms with Gasteiger partial charge in [0.2, 0.25) is 15.7 Å². The highest BCUT2D eigenvalue weighted by atomic mass is 79.9. The molecule has 0 aliphatic rings. The minimum atomic E-state index is -3.94. The number of carbonyl (C=O) groups excluding carboxylic acids is 1. The van der Waals surface area contributed by atoms with Gasteiger partial charge < -0.3 is 10.1 Å². The number of hydrogen-bond donors (Lipinski definition) is 1. The summed E-state index contributed by atoms with van der Waals surface area (Å²) < 4.78 is 30.1. The third-order valence-corrected chi connectivity index (χ3v) is 6.72. The van der Waals surface area contributed by atoms with Gasteiger partial charge in [-0.25, -0.2) is 13.4 Å². The van der Waals surface area contributed by atoms with Crippen molar-refractivity contribution in [1.82, 2.24) is 10.3 Å². The lowest BCUT2D eigenvalue weighted by atomic mass is 10.2. The largest absolute Gasteiger partial charge is 0.491 e. The Labute approximate surface area is 162 Å². The monoisotopic (exact) mass is 440 g/mol. The molecule has 1 N–H and O–H groups in total. The van der Waals surface area contributed by atoms with Crippen LogP contribution in [-0.4, -0.2) is 37.2 Å². The van der Waals surface area contributed by atoms with E-state index in [1.807, 2.05) is 31.2 Å². The predicted molar refractivity (Wildman–Crippen MR) is 103 cm³/mol. The van der Waals surface area contributed by atoms with E-state index in [4.69, 9.17) is 4.74 Å². The molecular weight excluding hydrogens is 420 g/mol. The van der Waals surface area contributed by atoms with Gasteiger partial charge in [0.15, 0.2) is 9.77 Å². The first-order valence-corrected chi connectivity index (χ1v) is 10.3. The van der Waals surface area contributed by atoms with Crippen molar-refractivity contribution in [1.29, 1.82) is 0 Å². The molecular formula is C18H21BrN2O4S. The van der Waals surface area contributed by atoms with Gasteiger partial charge in [-0.05, 0) is 60.5 Å². The minimum Gasteiger partial charge on any atom is -0.491 e. The van der Waals surface area contributed by atoms with Crippen molar-refractivity contribution >= 4 is 31.7 Å². The van der Waals surface area contributed by atoms with E-state index in [1.54, 1.807) is 6.07 Å². The van der Waals surface area contributed by atoms with Crippen molar-refractivity contribution in [3.8, 4) is 5.75 Å². The Bertz CT molecular complexity index is 880. The number of rotatable bonds is 7. The number of aromatic nitrogens is 1. The highest BCUT2D eigenvalue weighted by Gasteiger charge is 2.43. The molecule has 2 aromatic rings. The third kappa shape index (κ3) is 4.42. The summed E-state index contributed by atoms with van der Waals surface area (Å²) in [6.45, 7) is 5.09. The summed E-state index contributed by atoms with van der Waals surface area (Å²) in [5, 5.41) is 2.48. The van der Waals surface area contributed by atoms with Crippen LogP contribution in [0.25, 0.3) is 0 Å². The molecule has 2 rings (SSSR count). The molecule has 0 bridgehead atoms. The zero-order chi connectivity index (χ0) is 19.4. The van der Waals surface area contributed by atoms with Crippen LogP contribution >= 0.6 is 15.9 Å². The van der Waals surface area contributed by atoms with Gasteiger partial charge in [-0.15, -0.1) is 0 Å². The third-order valence-electron chi connectivity index (χ3n) is 3.93. The molecule has 1 aromatic heterocycles. The lowest BCUT2D eigenvalue weighted by Crippen LogP contribution is -2.49. The Hall–Kier alpha value is -1.93. The number of pyridine rings is 1. The average Bonchev–Trinajstić information content (AvgIpc) is 2.60. The number of nitrogens with one attached hydrogen (secondary N) is 1. The molecule has 140 valence electrons. The van der Waals surface area contributed by atoms with Gasteiger partial charge in [0.1, 0.15) is 12.4 Å². The maximum Gasteiger partial charge on any atom is 0.241 e. The molecule has 0 aliphatic carbocycles. The second-order valence-corrected chi connectivity index (χ2v) is 9.56. The standard InChI is InChI=1S/C18H21BrN2O4S/c1-13-6-4-5-7-15(13)25-11-10-20-17(22)18(2,3)26(23,24)16-9-8-14(19)12-21-16/h4-9,12H,10-11H2,1-3H3,(H,20,22). The molecule has 1 amide bonds. The molecule has 0 spiro atoms. The number of hydrogen-bond acceptors (Lipinski definition) is 5. The first kappa shape index (κ1) is 20.4. The highest BCUT2D eigenvalue weighted by molar-refractivity contribution is 9.10. The lowest BCUT2D eigenvalue weighted by Gasteiger charge is -2.23. The van der Waals surface area contributed by atoms with E-state index in [9.17, 15) is 13.2 Å². The van der Waals surface area contributed by atoms with Crippen LogP contribution in [0.2, 0.25) is 0 Å². The zero-order valence-corrected chi connectivity index (χ0v) is 17.2. The second kappa shape index (κ2) is 8.18. The number of amides is 1. The summed E-state index contributed by atoms with van der Waals surface area (Å²) in [6, 6.07) is 10.5. The quantitative estimate of drug-likeness (QED) is 0.668. The fraction of sp³-hybridized carbons (Fsp3) is 0.333.